The van der Waals surface area contributed by atoms with Gasteiger partial charge in [-0.1, -0.05) is 54.1 Å². The minimum atomic E-state index is 0.0693. The zero-order valence-corrected chi connectivity index (χ0v) is 13.4. The monoisotopic (exact) mass is 327 g/mol. The molecule has 3 aromatic carbocycles. The second kappa shape index (κ2) is 7.36. The van der Waals surface area contributed by atoms with Gasteiger partial charge in [0, 0.05) is 17.0 Å². The lowest BCUT2D eigenvalue weighted by molar-refractivity contribution is 0.304. The van der Waals surface area contributed by atoms with Crippen molar-refractivity contribution in [3.63, 3.8) is 0 Å². The van der Waals surface area contributed by atoms with Gasteiger partial charge in [0.15, 0.2) is 0 Å². The van der Waals surface area contributed by atoms with Gasteiger partial charge in [-0.3, -0.25) is 0 Å². The number of ether oxygens (including phenoxy) is 1. The van der Waals surface area contributed by atoms with Gasteiger partial charge >= 0.3 is 0 Å². The fourth-order valence-corrected chi connectivity index (χ4v) is 2.60. The molecule has 0 bridgehead atoms. The first-order valence-electron chi connectivity index (χ1n) is 7.51. The Morgan fingerprint density at radius 2 is 1.74 bits per heavy atom. The number of hydrogen-bond donors (Lipinski definition) is 2. The third-order valence-electron chi connectivity index (χ3n) is 3.61. The first-order valence-corrected chi connectivity index (χ1v) is 7.89. The molecule has 3 rings (SSSR count). The Bertz CT molecular complexity index is 787. The van der Waals surface area contributed by atoms with Crippen molar-refractivity contribution in [1.82, 2.24) is 0 Å². The van der Waals surface area contributed by atoms with Crippen LogP contribution in [0.15, 0.2) is 60.7 Å². The Hall–Kier alpha value is -2.23. The fourth-order valence-electron chi connectivity index (χ4n) is 2.48. The summed E-state index contributed by atoms with van der Waals surface area (Å²) in [6, 6.07) is 19.7. The highest BCUT2D eigenvalue weighted by atomic mass is 35.5. The Morgan fingerprint density at radius 3 is 2.52 bits per heavy atom. The van der Waals surface area contributed by atoms with Crippen molar-refractivity contribution >= 4 is 28.1 Å². The molecular weight excluding hydrogens is 310 g/mol. The van der Waals surface area contributed by atoms with Crippen LogP contribution in [-0.2, 0) is 6.61 Å². The summed E-state index contributed by atoms with van der Waals surface area (Å²) in [7, 11) is 0. The SMILES string of the molecule is OCCNc1c(OCc2ccc(Cl)cc2)ccc2ccccc12. The maximum atomic E-state index is 9.11. The number of rotatable bonds is 6. The molecule has 0 fully saturated rings. The van der Waals surface area contributed by atoms with E-state index in [1.165, 1.54) is 0 Å². The number of halogens is 1. The maximum Gasteiger partial charge on any atom is 0.143 e. The van der Waals surface area contributed by atoms with Crippen LogP contribution in [0.5, 0.6) is 5.75 Å². The molecule has 0 saturated carbocycles. The van der Waals surface area contributed by atoms with Gasteiger partial charge in [0.2, 0.25) is 0 Å². The lowest BCUT2D eigenvalue weighted by Gasteiger charge is -2.15. The summed E-state index contributed by atoms with van der Waals surface area (Å²) in [6.45, 7) is 1.01. The Kier molecular flexibility index (Phi) is 5.01. The number of hydrogen-bond acceptors (Lipinski definition) is 3. The van der Waals surface area contributed by atoms with Crippen molar-refractivity contribution in [2.24, 2.45) is 0 Å². The molecule has 0 amide bonds. The van der Waals surface area contributed by atoms with Crippen molar-refractivity contribution in [3.05, 3.63) is 71.2 Å². The molecule has 0 atom stereocenters. The summed E-state index contributed by atoms with van der Waals surface area (Å²) in [6.07, 6.45) is 0. The lowest BCUT2D eigenvalue weighted by atomic mass is 10.1. The van der Waals surface area contributed by atoms with Crippen molar-refractivity contribution in [3.8, 4) is 5.75 Å². The zero-order chi connectivity index (χ0) is 16.1. The van der Waals surface area contributed by atoms with Crippen LogP contribution in [-0.4, -0.2) is 18.3 Å². The molecule has 0 spiro atoms. The topological polar surface area (TPSA) is 41.5 Å². The maximum absolute atomic E-state index is 9.11. The summed E-state index contributed by atoms with van der Waals surface area (Å²) in [5.74, 6) is 0.770. The van der Waals surface area contributed by atoms with E-state index in [1.807, 2.05) is 54.6 Å². The van der Waals surface area contributed by atoms with Gasteiger partial charge in [0.05, 0.1) is 12.3 Å². The van der Waals surface area contributed by atoms with E-state index in [-0.39, 0.29) is 6.61 Å². The molecule has 0 unspecified atom stereocenters. The largest absolute Gasteiger partial charge is 0.487 e. The average Bonchev–Trinajstić information content (AvgIpc) is 2.59. The third-order valence-corrected chi connectivity index (χ3v) is 3.86. The molecule has 0 aliphatic heterocycles. The van der Waals surface area contributed by atoms with E-state index in [1.54, 1.807) is 0 Å². The van der Waals surface area contributed by atoms with Gasteiger partial charge in [-0.05, 0) is 29.1 Å². The van der Waals surface area contributed by atoms with Crippen molar-refractivity contribution < 1.29 is 9.84 Å². The van der Waals surface area contributed by atoms with Crippen molar-refractivity contribution in [1.29, 1.82) is 0 Å². The van der Waals surface area contributed by atoms with Gasteiger partial charge in [-0.2, -0.15) is 0 Å². The van der Waals surface area contributed by atoms with E-state index in [0.717, 1.165) is 27.8 Å². The van der Waals surface area contributed by atoms with Crippen LogP contribution < -0.4 is 10.1 Å². The molecular formula is C19H18ClNO2. The minimum Gasteiger partial charge on any atom is -0.487 e. The molecule has 0 heterocycles. The number of fused-ring (bicyclic) bond motifs is 1. The van der Waals surface area contributed by atoms with Gasteiger partial charge in [-0.15, -0.1) is 0 Å². The highest BCUT2D eigenvalue weighted by molar-refractivity contribution is 6.30. The highest BCUT2D eigenvalue weighted by Gasteiger charge is 2.08. The summed E-state index contributed by atoms with van der Waals surface area (Å²) < 4.78 is 5.98. The average molecular weight is 328 g/mol. The molecule has 0 aromatic heterocycles. The number of anilines is 1. The minimum absolute atomic E-state index is 0.0693. The molecule has 0 saturated heterocycles. The van der Waals surface area contributed by atoms with E-state index in [4.69, 9.17) is 21.4 Å². The predicted molar refractivity (Wildman–Crippen MR) is 95.3 cm³/mol. The van der Waals surface area contributed by atoms with Crippen LogP contribution in [0.25, 0.3) is 10.8 Å². The zero-order valence-electron chi connectivity index (χ0n) is 12.6. The molecule has 0 aliphatic carbocycles. The third kappa shape index (κ3) is 3.76. The molecule has 0 aliphatic rings. The van der Waals surface area contributed by atoms with Gasteiger partial charge in [0.1, 0.15) is 12.4 Å². The second-order valence-corrected chi connectivity index (χ2v) is 5.66. The highest BCUT2D eigenvalue weighted by Crippen LogP contribution is 2.33. The van der Waals surface area contributed by atoms with Crippen LogP contribution in [0.3, 0.4) is 0 Å². The molecule has 0 radical (unpaired) electrons. The Balaban J connectivity index is 1.87. The summed E-state index contributed by atoms with van der Waals surface area (Å²) in [5.41, 5.74) is 1.96. The summed E-state index contributed by atoms with van der Waals surface area (Å²) in [5, 5.41) is 15.3. The summed E-state index contributed by atoms with van der Waals surface area (Å²) >= 11 is 5.90. The first kappa shape index (κ1) is 15.7. The van der Waals surface area contributed by atoms with E-state index in [9.17, 15) is 0 Å². The molecule has 118 valence electrons. The van der Waals surface area contributed by atoms with Crippen LogP contribution in [0.1, 0.15) is 5.56 Å². The summed E-state index contributed by atoms with van der Waals surface area (Å²) in [4.78, 5) is 0. The predicted octanol–water partition coefficient (Wildman–Crippen LogP) is 4.48. The number of nitrogens with one attached hydrogen (secondary N) is 1. The smallest absolute Gasteiger partial charge is 0.143 e. The van der Waals surface area contributed by atoms with Crippen LogP contribution in [0.4, 0.5) is 5.69 Å². The molecule has 23 heavy (non-hydrogen) atoms. The second-order valence-electron chi connectivity index (χ2n) is 5.23. The quantitative estimate of drug-likeness (QED) is 0.701. The number of aliphatic hydroxyl groups excluding tert-OH is 1. The van der Waals surface area contributed by atoms with Crippen molar-refractivity contribution in [2.75, 3.05) is 18.5 Å². The first-order chi connectivity index (χ1) is 11.3. The molecule has 3 aromatic rings. The fraction of sp³-hybridized carbons (Fsp3) is 0.158. The van der Waals surface area contributed by atoms with Gasteiger partial charge in [0.25, 0.3) is 0 Å². The van der Waals surface area contributed by atoms with Gasteiger partial charge < -0.3 is 15.2 Å². The molecule has 4 heteroatoms. The van der Waals surface area contributed by atoms with E-state index in [2.05, 4.69) is 11.4 Å². The van der Waals surface area contributed by atoms with Crippen LogP contribution >= 0.6 is 11.6 Å². The normalized spacial score (nSPS) is 10.7. The van der Waals surface area contributed by atoms with E-state index in [0.29, 0.717) is 18.2 Å². The molecule has 3 nitrogen and oxygen atoms in total. The Labute approximate surface area is 140 Å². The van der Waals surface area contributed by atoms with Crippen molar-refractivity contribution in [2.45, 2.75) is 6.61 Å². The van der Waals surface area contributed by atoms with Crippen LogP contribution in [0.2, 0.25) is 5.02 Å². The van der Waals surface area contributed by atoms with E-state index >= 15 is 0 Å². The van der Waals surface area contributed by atoms with Crippen LogP contribution in [0, 0.1) is 0 Å². The lowest BCUT2D eigenvalue weighted by Crippen LogP contribution is -2.08. The Morgan fingerprint density at radius 1 is 0.957 bits per heavy atom. The van der Waals surface area contributed by atoms with Gasteiger partial charge in [-0.25, -0.2) is 0 Å². The van der Waals surface area contributed by atoms with E-state index < -0.39 is 0 Å². The standard InChI is InChI=1S/C19H18ClNO2/c20-16-8-5-14(6-9-16)13-23-18-10-7-15-3-1-2-4-17(15)19(18)21-11-12-22/h1-10,21-22H,11-13H2. The number of benzene rings is 3. The molecule has 2 N–H and O–H groups in total. The number of aliphatic hydroxyl groups is 1.